The molecule has 0 fully saturated rings. The Bertz CT molecular complexity index is 548. The van der Waals surface area contributed by atoms with Crippen LogP contribution in [-0.4, -0.2) is 31.6 Å². The van der Waals surface area contributed by atoms with Crippen molar-refractivity contribution in [2.45, 2.75) is 32.4 Å². The second-order valence-electron chi connectivity index (χ2n) is 5.99. The summed E-state index contributed by atoms with van der Waals surface area (Å²) in [5.74, 6) is 0. The lowest BCUT2D eigenvalue weighted by Gasteiger charge is -2.22. The molecule has 2 nitrogen and oxygen atoms in total. The predicted molar refractivity (Wildman–Crippen MR) is 88.1 cm³/mol. The molecular formula is C18H26N2. The van der Waals surface area contributed by atoms with Crippen molar-refractivity contribution in [2.75, 3.05) is 20.6 Å². The van der Waals surface area contributed by atoms with E-state index in [1.807, 2.05) is 0 Å². The van der Waals surface area contributed by atoms with Crippen molar-refractivity contribution >= 4 is 10.8 Å². The molecule has 0 spiro atoms. The Hall–Kier alpha value is -1.38. The second kappa shape index (κ2) is 6.87. The van der Waals surface area contributed by atoms with Crippen molar-refractivity contribution < 1.29 is 0 Å². The minimum atomic E-state index is 0.386. The first kappa shape index (κ1) is 15.0. The van der Waals surface area contributed by atoms with E-state index in [0.29, 0.717) is 12.1 Å². The van der Waals surface area contributed by atoms with Gasteiger partial charge in [0.1, 0.15) is 0 Å². The highest BCUT2D eigenvalue weighted by molar-refractivity contribution is 5.83. The predicted octanol–water partition coefficient (Wildman–Crippen LogP) is 3.83. The van der Waals surface area contributed by atoms with E-state index in [-0.39, 0.29) is 0 Å². The van der Waals surface area contributed by atoms with E-state index in [1.165, 1.54) is 22.8 Å². The van der Waals surface area contributed by atoms with Crippen LogP contribution in [0.3, 0.4) is 0 Å². The van der Waals surface area contributed by atoms with E-state index in [2.05, 4.69) is 80.6 Å². The molecule has 0 aliphatic heterocycles. The second-order valence-corrected chi connectivity index (χ2v) is 5.99. The maximum atomic E-state index is 3.69. The van der Waals surface area contributed by atoms with Gasteiger partial charge in [-0.2, -0.15) is 0 Å². The number of fused-ring (bicyclic) bond motifs is 1. The van der Waals surface area contributed by atoms with Crippen LogP contribution >= 0.6 is 0 Å². The molecule has 20 heavy (non-hydrogen) atoms. The molecule has 2 heteroatoms. The van der Waals surface area contributed by atoms with Crippen molar-refractivity contribution in [1.29, 1.82) is 0 Å². The summed E-state index contributed by atoms with van der Waals surface area (Å²) in [5.41, 5.74) is 1.36. The molecule has 0 amide bonds. The molecule has 0 aromatic heterocycles. The van der Waals surface area contributed by atoms with Crippen LogP contribution in [0.15, 0.2) is 42.5 Å². The van der Waals surface area contributed by atoms with Crippen molar-refractivity contribution in [3.8, 4) is 0 Å². The molecular weight excluding hydrogens is 244 g/mol. The topological polar surface area (TPSA) is 15.3 Å². The highest BCUT2D eigenvalue weighted by Crippen LogP contribution is 2.20. The lowest BCUT2D eigenvalue weighted by molar-refractivity contribution is 0.354. The van der Waals surface area contributed by atoms with Crippen molar-refractivity contribution in [3.63, 3.8) is 0 Å². The highest BCUT2D eigenvalue weighted by atomic mass is 15.1. The number of hydrogen-bond donors (Lipinski definition) is 1. The highest BCUT2D eigenvalue weighted by Gasteiger charge is 2.10. The Morgan fingerprint density at radius 1 is 1.00 bits per heavy atom. The Balaban J connectivity index is 2.01. The molecule has 2 unspecified atom stereocenters. The standard InChI is InChI=1S/C18H26N2/c1-14(11-12-20(3)4)19-15(2)17-10-9-16-7-5-6-8-18(16)13-17/h5-10,13-15,19H,11-12H2,1-4H3. The summed E-state index contributed by atoms with van der Waals surface area (Å²) >= 11 is 0. The third-order valence-electron chi connectivity index (χ3n) is 3.82. The molecule has 0 saturated heterocycles. The smallest absolute Gasteiger partial charge is 0.0294 e. The molecule has 0 radical (unpaired) electrons. The van der Waals surface area contributed by atoms with Gasteiger partial charge in [0, 0.05) is 12.1 Å². The van der Waals surface area contributed by atoms with Crippen LogP contribution in [0, 0.1) is 0 Å². The molecule has 0 aliphatic rings. The minimum Gasteiger partial charge on any atom is -0.309 e. The first-order chi connectivity index (χ1) is 9.56. The Morgan fingerprint density at radius 2 is 1.70 bits per heavy atom. The first-order valence-electron chi connectivity index (χ1n) is 7.46. The summed E-state index contributed by atoms with van der Waals surface area (Å²) in [6.45, 7) is 5.63. The molecule has 0 saturated carbocycles. The van der Waals surface area contributed by atoms with Crippen molar-refractivity contribution in [2.24, 2.45) is 0 Å². The maximum absolute atomic E-state index is 3.69. The third-order valence-corrected chi connectivity index (χ3v) is 3.82. The number of nitrogens with one attached hydrogen (secondary N) is 1. The van der Waals surface area contributed by atoms with Gasteiger partial charge in [-0.15, -0.1) is 0 Å². The van der Waals surface area contributed by atoms with Gasteiger partial charge in [0.05, 0.1) is 0 Å². The monoisotopic (exact) mass is 270 g/mol. The maximum Gasteiger partial charge on any atom is 0.0294 e. The summed E-state index contributed by atoms with van der Waals surface area (Å²) in [5, 5.41) is 6.32. The van der Waals surface area contributed by atoms with Crippen LogP contribution in [0.5, 0.6) is 0 Å². The molecule has 1 N–H and O–H groups in total. The fraction of sp³-hybridized carbons (Fsp3) is 0.444. The molecule has 2 rings (SSSR count). The van der Waals surface area contributed by atoms with Gasteiger partial charge in [-0.05, 0) is 63.3 Å². The van der Waals surface area contributed by atoms with Gasteiger partial charge in [0.25, 0.3) is 0 Å². The Labute approximate surface area is 122 Å². The normalized spacial score (nSPS) is 14.7. The van der Waals surface area contributed by atoms with Crippen molar-refractivity contribution in [3.05, 3.63) is 48.0 Å². The summed E-state index contributed by atoms with van der Waals surface area (Å²) in [7, 11) is 4.25. The van der Waals surface area contributed by atoms with Gasteiger partial charge >= 0.3 is 0 Å². The molecule has 0 heterocycles. The summed E-state index contributed by atoms with van der Waals surface area (Å²) < 4.78 is 0. The van der Waals surface area contributed by atoms with Crippen molar-refractivity contribution in [1.82, 2.24) is 10.2 Å². The summed E-state index contributed by atoms with van der Waals surface area (Å²) in [6.07, 6.45) is 1.17. The van der Waals surface area contributed by atoms with Crippen LogP contribution in [-0.2, 0) is 0 Å². The van der Waals surface area contributed by atoms with Gasteiger partial charge in [0.2, 0.25) is 0 Å². The zero-order chi connectivity index (χ0) is 14.5. The van der Waals surface area contributed by atoms with E-state index >= 15 is 0 Å². The zero-order valence-electron chi connectivity index (χ0n) is 13.1. The van der Waals surface area contributed by atoms with Gasteiger partial charge in [-0.3, -0.25) is 0 Å². The van der Waals surface area contributed by atoms with Crippen LogP contribution in [0.4, 0.5) is 0 Å². The number of hydrogen-bond acceptors (Lipinski definition) is 2. The summed E-state index contributed by atoms with van der Waals surface area (Å²) in [6, 6.07) is 16.2. The lowest BCUT2D eigenvalue weighted by atomic mass is 10.0. The Kier molecular flexibility index (Phi) is 5.16. The van der Waals surface area contributed by atoms with Crippen LogP contribution < -0.4 is 5.32 Å². The van der Waals surface area contributed by atoms with E-state index in [1.54, 1.807) is 0 Å². The fourth-order valence-electron chi connectivity index (χ4n) is 2.54. The molecule has 2 aromatic carbocycles. The average molecular weight is 270 g/mol. The number of benzene rings is 2. The first-order valence-corrected chi connectivity index (χ1v) is 7.46. The largest absolute Gasteiger partial charge is 0.309 e. The Morgan fingerprint density at radius 3 is 2.40 bits per heavy atom. The molecule has 2 atom stereocenters. The SMILES string of the molecule is CC(CCN(C)C)NC(C)c1ccc2ccccc2c1. The quantitative estimate of drug-likeness (QED) is 0.858. The number of rotatable bonds is 6. The lowest BCUT2D eigenvalue weighted by Crippen LogP contribution is -2.31. The van der Waals surface area contributed by atoms with Crippen LogP contribution in [0.2, 0.25) is 0 Å². The van der Waals surface area contributed by atoms with Gasteiger partial charge in [0.15, 0.2) is 0 Å². The average Bonchev–Trinajstić information content (AvgIpc) is 2.44. The van der Waals surface area contributed by atoms with E-state index < -0.39 is 0 Å². The van der Waals surface area contributed by atoms with Crippen LogP contribution in [0.1, 0.15) is 31.9 Å². The molecule has 2 aromatic rings. The van der Waals surface area contributed by atoms with Gasteiger partial charge in [-0.1, -0.05) is 36.4 Å². The van der Waals surface area contributed by atoms with E-state index in [4.69, 9.17) is 0 Å². The van der Waals surface area contributed by atoms with Gasteiger partial charge < -0.3 is 10.2 Å². The van der Waals surface area contributed by atoms with E-state index in [9.17, 15) is 0 Å². The van der Waals surface area contributed by atoms with Crippen LogP contribution in [0.25, 0.3) is 10.8 Å². The molecule has 0 bridgehead atoms. The molecule has 0 aliphatic carbocycles. The third kappa shape index (κ3) is 4.06. The zero-order valence-corrected chi connectivity index (χ0v) is 13.1. The van der Waals surface area contributed by atoms with E-state index in [0.717, 1.165) is 6.54 Å². The fourth-order valence-corrected chi connectivity index (χ4v) is 2.54. The van der Waals surface area contributed by atoms with Gasteiger partial charge in [-0.25, -0.2) is 0 Å². The minimum absolute atomic E-state index is 0.386. The molecule has 108 valence electrons. The summed E-state index contributed by atoms with van der Waals surface area (Å²) in [4.78, 5) is 2.23. The number of nitrogens with zero attached hydrogens (tertiary/aromatic N) is 1.